The summed E-state index contributed by atoms with van der Waals surface area (Å²) in [5.74, 6) is -0.648. The van der Waals surface area contributed by atoms with E-state index in [1.54, 1.807) is 12.1 Å². The van der Waals surface area contributed by atoms with E-state index in [1.807, 2.05) is 0 Å². The lowest BCUT2D eigenvalue weighted by molar-refractivity contribution is -0.384. The van der Waals surface area contributed by atoms with E-state index in [2.05, 4.69) is 11.9 Å². The fourth-order valence-corrected chi connectivity index (χ4v) is 3.04. The molecule has 0 radical (unpaired) electrons. The van der Waals surface area contributed by atoms with Crippen molar-refractivity contribution in [2.24, 2.45) is 0 Å². The van der Waals surface area contributed by atoms with E-state index in [0.717, 1.165) is 0 Å². The third-order valence-corrected chi connectivity index (χ3v) is 4.47. The van der Waals surface area contributed by atoms with Crippen LogP contribution in [0.4, 0.5) is 5.69 Å². The van der Waals surface area contributed by atoms with E-state index >= 15 is 0 Å². The molecule has 2 amide bonds. The first-order valence-corrected chi connectivity index (χ1v) is 8.64. The van der Waals surface area contributed by atoms with Gasteiger partial charge in [-0.1, -0.05) is 17.7 Å². The number of furan rings is 1. The molecule has 2 aromatic rings. The van der Waals surface area contributed by atoms with Crippen LogP contribution in [-0.4, -0.2) is 33.3 Å². The first-order chi connectivity index (χ1) is 13.3. The van der Waals surface area contributed by atoms with Crippen LogP contribution in [-0.2, 0) is 9.59 Å². The minimum Gasteiger partial charge on any atom is -0.457 e. The number of nitrogens with one attached hydrogen (secondary N) is 1. The summed E-state index contributed by atoms with van der Waals surface area (Å²) < 4.78 is 5.64. The number of carbonyl (C=O) groups is 2. The number of amides is 2. The number of hydrogen-bond donors (Lipinski definition) is 1. The van der Waals surface area contributed by atoms with Gasteiger partial charge >= 0.3 is 0 Å². The maximum Gasteiger partial charge on any atom is 0.270 e. The molecule has 142 valence electrons. The predicted molar refractivity (Wildman–Crippen MR) is 106 cm³/mol. The number of nitro groups is 1. The van der Waals surface area contributed by atoms with Crippen LogP contribution in [0, 0.1) is 10.1 Å². The van der Waals surface area contributed by atoms with Gasteiger partial charge in [-0.05, 0) is 36.5 Å². The molecule has 1 aromatic carbocycles. The van der Waals surface area contributed by atoms with Crippen LogP contribution in [0.25, 0.3) is 17.4 Å². The summed E-state index contributed by atoms with van der Waals surface area (Å²) in [6.07, 6.45) is 2.78. The van der Waals surface area contributed by atoms with Crippen molar-refractivity contribution in [3.8, 4) is 11.3 Å². The van der Waals surface area contributed by atoms with Crippen molar-refractivity contribution in [1.29, 1.82) is 0 Å². The Hall–Kier alpha value is -3.30. The van der Waals surface area contributed by atoms with Crippen molar-refractivity contribution >= 4 is 52.5 Å². The molecule has 0 bridgehead atoms. The van der Waals surface area contributed by atoms with Crippen molar-refractivity contribution in [1.82, 2.24) is 10.2 Å². The maximum absolute atomic E-state index is 12.5. The lowest BCUT2D eigenvalue weighted by Gasteiger charge is -2.27. The minimum atomic E-state index is -0.637. The fourth-order valence-electron chi connectivity index (χ4n) is 2.52. The molecule has 1 N–H and O–H groups in total. The van der Waals surface area contributed by atoms with Gasteiger partial charge in [0.15, 0.2) is 5.11 Å². The van der Waals surface area contributed by atoms with E-state index in [-0.39, 0.29) is 33.7 Å². The van der Waals surface area contributed by atoms with Gasteiger partial charge in [0, 0.05) is 24.2 Å². The van der Waals surface area contributed by atoms with Crippen molar-refractivity contribution < 1.29 is 18.9 Å². The number of non-ortho nitro benzene ring substituents is 1. The van der Waals surface area contributed by atoms with Gasteiger partial charge in [0.1, 0.15) is 17.1 Å². The van der Waals surface area contributed by atoms with Gasteiger partial charge in [-0.2, -0.15) is 0 Å². The molecule has 0 spiro atoms. The molecule has 1 saturated heterocycles. The van der Waals surface area contributed by atoms with Gasteiger partial charge in [-0.15, -0.1) is 6.58 Å². The molecule has 0 atom stereocenters. The van der Waals surface area contributed by atoms with Crippen LogP contribution in [0.5, 0.6) is 0 Å². The van der Waals surface area contributed by atoms with E-state index in [9.17, 15) is 19.7 Å². The normalized spacial score (nSPS) is 15.7. The van der Waals surface area contributed by atoms with Crippen LogP contribution >= 0.6 is 23.8 Å². The molecule has 0 aliphatic carbocycles. The van der Waals surface area contributed by atoms with Gasteiger partial charge < -0.3 is 4.42 Å². The molecular formula is C18H12ClN3O5S. The van der Waals surface area contributed by atoms with Gasteiger partial charge in [0.2, 0.25) is 0 Å². The highest BCUT2D eigenvalue weighted by molar-refractivity contribution is 7.80. The molecule has 1 aliphatic heterocycles. The number of thiocarbonyl (C=S) groups is 1. The molecule has 0 saturated carbocycles. The molecule has 1 fully saturated rings. The smallest absolute Gasteiger partial charge is 0.270 e. The van der Waals surface area contributed by atoms with Crippen LogP contribution in [0.1, 0.15) is 5.76 Å². The lowest BCUT2D eigenvalue weighted by Crippen LogP contribution is -2.53. The third-order valence-electron chi connectivity index (χ3n) is 3.84. The average Bonchev–Trinajstić information content (AvgIpc) is 3.10. The summed E-state index contributed by atoms with van der Waals surface area (Å²) >= 11 is 11.1. The summed E-state index contributed by atoms with van der Waals surface area (Å²) in [7, 11) is 0. The lowest BCUT2D eigenvalue weighted by atomic mass is 10.1. The van der Waals surface area contributed by atoms with E-state index < -0.39 is 16.7 Å². The molecule has 2 heterocycles. The second kappa shape index (κ2) is 7.75. The number of hydrogen-bond acceptors (Lipinski definition) is 6. The highest BCUT2D eigenvalue weighted by atomic mass is 35.5. The molecule has 0 unspecified atom stereocenters. The predicted octanol–water partition coefficient (Wildman–Crippen LogP) is 3.32. The molecule has 28 heavy (non-hydrogen) atoms. The number of benzene rings is 1. The van der Waals surface area contributed by atoms with Gasteiger partial charge in [0.05, 0.1) is 9.95 Å². The topological polar surface area (TPSA) is 106 Å². The number of rotatable bonds is 5. The fraction of sp³-hybridized carbons (Fsp3) is 0.0556. The zero-order valence-electron chi connectivity index (χ0n) is 14.2. The zero-order valence-corrected chi connectivity index (χ0v) is 15.7. The summed E-state index contributed by atoms with van der Waals surface area (Å²) in [5.41, 5.74) is 0.141. The Bertz CT molecular complexity index is 1060. The third kappa shape index (κ3) is 3.71. The van der Waals surface area contributed by atoms with E-state index in [1.165, 1.54) is 35.3 Å². The second-order valence-electron chi connectivity index (χ2n) is 5.64. The number of halogens is 1. The number of carbonyl (C=O) groups excluding carboxylic acids is 2. The van der Waals surface area contributed by atoms with Crippen LogP contribution in [0.15, 0.2) is 53.0 Å². The Kier molecular flexibility index (Phi) is 5.39. The standard InChI is InChI=1S/C18H12ClN3O5S/c1-2-7-21-17(24)13(16(23)20-18(21)28)9-11-4-6-15(27-11)12-5-3-10(22(25)26)8-14(12)19/h2-6,8-9H,1,7H2,(H,20,23,28)/b13-9+. The molecular weight excluding hydrogens is 406 g/mol. The molecule has 8 nitrogen and oxygen atoms in total. The highest BCUT2D eigenvalue weighted by Crippen LogP contribution is 2.32. The van der Waals surface area contributed by atoms with Crippen molar-refractivity contribution in [2.75, 3.05) is 6.54 Å². The Morgan fingerprint density at radius 3 is 2.71 bits per heavy atom. The van der Waals surface area contributed by atoms with Gasteiger partial charge in [-0.25, -0.2) is 0 Å². The van der Waals surface area contributed by atoms with Crippen molar-refractivity contribution in [3.63, 3.8) is 0 Å². The number of nitro benzene ring substituents is 1. The van der Waals surface area contributed by atoms with Gasteiger partial charge in [0.25, 0.3) is 17.5 Å². The molecule has 1 aromatic heterocycles. The molecule has 1 aliphatic rings. The van der Waals surface area contributed by atoms with Crippen LogP contribution in [0.2, 0.25) is 5.02 Å². The van der Waals surface area contributed by atoms with E-state index in [4.69, 9.17) is 28.2 Å². The summed E-state index contributed by atoms with van der Waals surface area (Å²) in [6.45, 7) is 3.70. The largest absolute Gasteiger partial charge is 0.457 e. The first kappa shape index (κ1) is 19.5. The highest BCUT2D eigenvalue weighted by Gasteiger charge is 2.32. The Morgan fingerprint density at radius 2 is 2.07 bits per heavy atom. The minimum absolute atomic E-state index is 0.00449. The second-order valence-corrected chi connectivity index (χ2v) is 6.44. The maximum atomic E-state index is 12.5. The molecule has 10 heteroatoms. The summed E-state index contributed by atoms with van der Waals surface area (Å²) in [6, 6.07) is 7.10. The van der Waals surface area contributed by atoms with E-state index in [0.29, 0.717) is 11.3 Å². The quantitative estimate of drug-likeness (QED) is 0.200. The number of nitrogens with zero attached hydrogens (tertiary/aromatic N) is 2. The Balaban J connectivity index is 1.92. The average molecular weight is 418 g/mol. The van der Waals surface area contributed by atoms with Crippen molar-refractivity contribution in [3.05, 3.63) is 69.5 Å². The van der Waals surface area contributed by atoms with Crippen LogP contribution in [0.3, 0.4) is 0 Å². The van der Waals surface area contributed by atoms with Crippen LogP contribution < -0.4 is 5.32 Å². The summed E-state index contributed by atoms with van der Waals surface area (Å²) in [5, 5.41) is 13.4. The zero-order chi connectivity index (χ0) is 20.4. The van der Waals surface area contributed by atoms with Crippen molar-refractivity contribution in [2.45, 2.75) is 0 Å². The monoisotopic (exact) mass is 417 g/mol. The first-order valence-electron chi connectivity index (χ1n) is 7.85. The molecule has 3 rings (SSSR count). The Morgan fingerprint density at radius 1 is 1.32 bits per heavy atom. The summed E-state index contributed by atoms with van der Waals surface area (Å²) in [4.78, 5) is 36.1. The Labute approximate surface area is 169 Å². The van der Waals surface area contributed by atoms with Gasteiger partial charge in [-0.3, -0.25) is 29.9 Å². The SMILES string of the molecule is C=CCN1C(=O)/C(=C/c2ccc(-c3ccc([N+](=O)[O-])cc3Cl)o2)C(=O)NC1=S.